The fourth-order valence-electron chi connectivity index (χ4n) is 2.77. The van der Waals surface area contributed by atoms with Crippen LogP contribution >= 0.6 is 23.4 Å². The lowest BCUT2D eigenvalue weighted by Gasteiger charge is -2.25. The van der Waals surface area contributed by atoms with E-state index >= 15 is 0 Å². The average molecular weight is 314 g/mol. The first kappa shape index (κ1) is 16.0. The van der Waals surface area contributed by atoms with Crippen molar-refractivity contribution in [3.05, 3.63) is 28.8 Å². The molecule has 1 unspecified atom stereocenters. The summed E-state index contributed by atoms with van der Waals surface area (Å²) >= 11 is 8.22. The van der Waals surface area contributed by atoms with Crippen LogP contribution in [0.25, 0.3) is 0 Å². The van der Waals surface area contributed by atoms with Crippen molar-refractivity contribution in [1.82, 2.24) is 5.32 Å². The molecule has 0 spiro atoms. The minimum atomic E-state index is 0.288. The predicted octanol–water partition coefficient (Wildman–Crippen LogP) is 4.68. The standard InChI is InChI=1S/C16H24ClNOS/c1-18-15(11-20-13-6-4-3-5-7-13)14-10-12(17)8-9-16(14)19-2/h8-10,13,15,18H,3-7,11H2,1-2H3. The maximum atomic E-state index is 6.13. The average Bonchev–Trinajstić information content (AvgIpc) is 2.49. The third-order valence-corrected chi connectivity index (χ3v) is 5.67. The van der Waals surface area contributed by atoms with Crippen LogP contribution in [-0.2, 0) is 0 Å². The predicted molar refractivity (Wildman–Crippen MR) is 89.1 cm³/mol. The summed E-state index contributed by atoms with van der Waals surface area (Å²) < 4.78 is 5.47. The maximum absolute atomic E-state index is 6.13. The van der Waals surface area contributed by atoms with Gasteiger partial charge in [-0.25, -0.2) is 0 Å². The van der Waals surface area contributed by atoms with E-state index in [4.69, 9.17) is 16.3 Å². The van der Waals surface area contributed by atoms with E-state index in [1.54, 1.807) is 7.11 Å². The molecule has 2 rings (SSSR count). The molecule has 1 atom stereocenters. The van der Waals surface area contributed by atoms with Crippen LogP contribution in [0, 0.1) is 0 Å². The van der Waals surface area contributed by atoms with Gasteiger partial charge in [-0.1, -0.05) is 30.9 Å². The van der Waals surface area contributed by atoms with Gasteiger partial charge in [0.25, 0.3) is 0 Å². The molecule has 1 aromatic carbocycles. The summed E-state index contributed by atoms with van der Waals surface area (Å²) in [5.41, 5.74) is 1.16. The summed E-state index contributed by atoms with van der Waals surface area (Å²) in [5.74, 6) is 1.98. The van der Waals surface area contributed by atoms with Gasteiger partial charge in [0.1, 0.15) is 5.75 Å². The van der Waals surface area contributed by atoms with Gasteiger partial charge in [0.2, 0.25) is 0 Å². The fourth-order valence-corrected chi connectivity index (χ4v) is 4.43. The quantitative estimate of drug-likeness (QED) is 0.824. The van der Waals surface area contributed by atoms with Crippen LogP contribution in [0.5, 0.6) is 5.75 Å². The molecule has 112 valence electrons. The molecule has 4 heteroatoms. The number of hydrogen-bond donors (Lipinski definition) is 1. The Morgan fingerprint density at radius 2 is 2.10 bits per heavy atom. The van der Waals surface area contributed by atoms with E-state index in [9.17, 15) is 0 Å². The van der Waals surface area contributed by atoms with Crippen molar-refractivity contribution in [2.24, 2.45) is 0 Å². The van der Waals surface area contributed by atoms with E-state index in [1.807, 2.05) is 25.2 Å². The van der Waals surface area contributed by atoms with Gasteiger partial charge in [-0.2, -0.15) is 11.8 Å². The zero-order valence-corrected chi connectivity index (χ0v) is 13.9. The zero-order valence-electron chi connectivity index (χ0n) is 12.3. The lowest BCUT2D eigenvalue weighted by Crippen LogP contribution is -2.21. The molecule has 1 saturated carbocycles. The van der Waals surface area contributed by atoms with Crippen molar-refractivity contribution in [3.8, 4) is 5.75 Å². The highest BCUT2D eigenvalue weighted by molar-refractivity contribution is 7.99. The lowest BCUT2D eigenvalue weighted by molar-refractivity contribution is 0.404. The van der Waals surface area contributed by atoms with Gasteiger partial charge in [0, 0.05) is 27.6 Å². The summed E-state index contributed by atoms with van der Waals surface area (Å²) in [6.45, 7) is 0. The first-order valence-corrected chi connectivity index (χ1v) is 8.79. The van der Waals surface area contributed by atoms with Crippen molar-refractivity contribution < 1.29 is 4.74 Å². The Balaban J connectivity index is 2.01. The molecule has 1 N–H and O–H groups in total. The fraction of sp³-hybridized carbons (Fsp3) is 0.625. The highest BCUT2D eigenvalue weighted by Crippen LogP contribution is 2.34. The van der Waals surface area contributed by atoms with Crippen LogP contribution in [0.1, 0.15) is 43.7 Å². The first-order chi connectivity index (χ1) is 9.74. The van der Waals surface area contributed by atoms with Crippen molar-refractivity contribution in [1.29, 1.82) is 0 Å². The van der Waals surface area contributed by atoms with E-state index in [1.165, 1.54) is 32.1 Å². The molecule has 0 aliphatic heterocycles. The number of hydrogen-bond acceptors (Lipinski definition) is 3. The van der Waals surface area contributed by atoms with Gasteiger partial charge in [-0.15, -0.1) is 0 Å². The topological polar surface area (TPSA) is 21.3 Å². The van der Waals surface area contributed by atoms with Gasteiger partial charge in [-0.3, -0.25) is 0 Å². The Bertz CT molecular complexity index is 421. The molecule has 0 radical (unpaired) electrons. The molecule has 0 saturated heterocycles. The molecule has 2 nitrogen and oxygen atoms in total. The molecule has 0 aromatic heterocycles. The summed E-state index contributed by atoms with van der Waals surface area (Å²) in [7, 11) is 3.72. The van der Waals surface area contributed by atoms with Gasteiger partial charge in [-0.05, 0) is 38.1 Å². The number of halogens is 1. The zero-order chi connectivity index (χ0) is 14.4. The smallest absolute Gasteiger partial charge is 0.123 e. The Labute approximate surface area is 131 Å². The maximum Gasteiger partial charge on any atom is 0.123 e. The molecule has 1 aliphatic carbocycles. The van der Waals surface area contributed by atoms with Crippen molar-refractivity contribution in [2.45, 2.75) is 43.4 Å². The number of ether oxygens (including phenoxy) is 1. The summed E-state index contributed by atoms with van der Waals surface area (Å²) in [6.07, 6.45) is 6.93. The van der Waals surface area contributed by atoms with Crippen LogP contribution in [0.4, 0.5) is 0 Å². The van der Waals surface area contributed by atoms with Crippen LogP contribution < -0.4 is 10.1 Å². The molecule has 0 bridgehead atoms. The van der Waals surface area contributed by atoms with Crippen LogP contribution in [-0.4, -0.2) is 25.2 Å². The van der Waals surface area contributed by atoms with Gasteiger partial charge in [0.15, 0.2) is 0 Å². The number of benzene rings is 1. The van der Waals surface area contributed by atoms with Crippen molar-refractivity contribution in [3.63, 3.8) is 0 Å². The van der Waals surface area contributed by atoms with E-state index in [-0.39, 0.29) is 6.04 Å². The number of thioether (sulfide) groups is 1. The SMILES string of the molecule is CNC(CSC1CCCCC1)c1cc(Cl)ccc1OC. The molecule has 1 fully saturated rings. The lowest BCUT2D eigenvalue weighted by atomic mass is 10.0. The summed E-state index contributed by atoms with van der Waals surface area (Å²) in [6, 6.07) is 6.14. The highest BCUT2D eigenvalue weighted by Gasteiger charge is 2.19. The Morgan fingerprint density at radius 1 is 1.35 bits per heavy atom. The Morgan fingerprint density at radius 3 is 2.75 bits per heavy atom. The third-order valence-electron chi connectivity index (χ3n) is 3.97. The first-order valence-electron chi connectivity index (χ1n) is 7.37. The second-order valence-corrected chi connectivity index (χ2v) is 7.09. The minimum absolute atomic E-state index is 0.288. The van der Waals surface area contributed by atoms with Crippen molar-refractivity contribution in [2.75, 3.05) is 19.9 Å². The van der Waals surface area contributed by atoms with Crippen molar-refractivity contribution >= 4 is 23.4 Å². The van der Waals surface area contributed by atoms with Gasteiger partial charge in [0.05, 0.1) is 7.11 Å². The second-order valence-electron chi connectivity index (χ2n) is 5.32. The van der Waals surface area contributed by atoms with E-state index < -0.39 is 0 Å². The normalized spacial score (nSPS) is 17.9. The van der Waals surface area contributed by atoms with Gasteiger partial charge < -0.3 is 10.1 Å². The molecule has 0 heterocycles. The monoisotopic (exact) mass is 313 g/mol. The summed E-state index contributed by atoms with van der Waals surface area (Å²) in [5, 5.41) is 4.99. The molecular formula is C16H24ClNOS. The Hall–Kier alpha value is -0.380. The van der Waals surface area contributed by atoms with Crippen LogP contribution in [0.2, 0.25) is 5.02 Å². The number of nitrogens with one attached hydrogen (secondary N) is 1. The van der Waals surface area contributed by atoms with Gasteiger partial charge >= 0.3 is 0 Å². The third kappa shape index (κ3) is 4.31. The second kappa shape index (κ2) is 8.16. The molecular weight excluding hydrogens is 290 g/mol. The highest BCUT2D eigenvalue weighted by atomic mass is 35.5. The summed E-state index contributed by atoms with van der Waals surface area (Å²) in [4.78, 5) is 0. The molecule has 1 aromatic rings. The van der Waals surface area contributed by atoms with Crippen LogP contribution in [0.3, 0.4) is 0 Å². The number of methoxy groups -OCH3 is 1. The van der Waals surface area contributed by atoms with E-state index in [0.29, 0.717) is 0 Å². The molecule has 20 heavy (non-hydrogen) atoms. The molecule has 0 amide bonds. The number of rotatable bonds is 6. The Kier molecular flexibility index (Phi) is 6.53. The minimum Gasteiger partial charge on any atom is -0.496 e. The van der Waals surface area contributed by atoms with E-state index in [0.717, 1.165) is 27.3 Å². The molecule has 1 aliphatic rings. The van der Waals surface area contributed by atoms with E-state index in [2.05, 4.69) is 17.1 Å². The van der Waals surface area contributed by atoms with Crippen LogP contribution in [0.15, 0.2) is 18.2 Å². The largest absolute Gasteiger partial charge is 0.496 e.